The van der Waals surface area contributed by atoms with E-state index in [4.69, 9.17) is 14.2 Å². The topological polar surface area (TPSA) is 82.1 Å². The molecule has 0 aromatic heterocycles. The van der Waals surface area contributed by atoms with Crippen molar-refractivity contribution in [2.24, 2.45) is 0 Å². The van der Waals surface area contributed by atoms with Crippen LogP contribution in [-0.4, -0.2) is 36.2 Å². The second-order valence-electron chi connectivity index (χ2n) is 8.34. The van der Waals surface area contributed by atoms with Crippen molar-refractivity contribution in [3.8, 4) is 0 Å². The second kappa shape index (κ2) is 16.7. The smallest absolute Gasteiger partial charge is 0.343 e. The van der Waals surface area contributed by atoms with Crippen molar-refractivity contribution in [2.45, 2.75) is 104 Å². The number of esters is 1. The van der Waals surface area contributed by atoms with Gasteiger partial charge in [-0.2, -0.15) is 0 Å². The van der Waals surface area contributed by atoms with Gasteiger partial charge in [0.1, 0.15) is 0 Å². The average Bonchev–Trinajstić information content (AvgIpc) is 2.78. The van der Waals surface area contributed by atoms with Crippen molar-refractivity contribution in [3.05, 3.63) is 35.4 Å². The first kappa shape index (κ1) is 28.1. The molecule has 0 bridgehead atoms. The highest BCUT2D eigenvalue weighted by molar-refractivity contribution is 6.02. The molecule has 0 spiro atoms. The third kappa shape index (κ3) is 11.6. The van der Waals surface area contributed by atoms with E-state index in [9.17, 15) is 14.7 Å². The lowest BCUT2D eigenvalue weighted by atomic mass is 10.1. The van der Waals surface area contributed by atoms with Gasteiger partial charge < -0.3 is 19.3 Å². The largest absolute Gasteiger partial charge is 0.478 e. The third-order valence-corrected chi connectivity index (χ3v) is 5.38. The maximum absolute atomic E-state index is 12.8. The molecule has 1 rings (SSSR count). The average molecular weight is 451 g/mol. The Balaban J connectivity index is 2.65. The molecule has 0 aliphatic rings. The fourth-order valence-corrected chi connectivity index (χ4v) is 3.45. The van der Waals surface area contributed by atoms with Crippen LogP contribution in [0.3, 0.4) is 0 Å². The summed E-state index contributed by atoms with van der Waals surface area (Å²) in [7, 11) is 0. The van der Waals surface area contributed by atoms with Crippen LogP contribution in [0, 0.1) is 0 Å². The number of ether oxygens (including phenoxy) is 3. The Labute approximate surface area is 193 Å². The first-order valence-electron chi connectivity index (χ1n) is 12.3. The summed E-state index contributed by atoms with van der Waals surface area (Å²) in [4.78, 5) is 24.2. The van der Waals surface area contributed by atoms with Crippen LogP contribution in [-0.2, 0) is 14.2 Å². The molecule has 6 heteroatoms. The van der Waals surface area contributed by atoms with E-state index in [0.717, 1.165) is 38.5 Å². The van der Waals surface area contributed by atoms with Crippen molar-refractivity contribution < 1.29 is 28.9 Å². The Morgan fingerprint density at radius 1 is 0.750 bits per heavy atom. The van der Waals surface area contributed by atoms with Crippen LogP contribution in [0.2, 0.25) is 0 Å². The van der Waals surface area contributed by atoms with Gasteiger partial charge in [0, 0.05) is 6.92 Å². The predicted molar refractivity (Wildman–Crippen MR) is 126 cm³/mol. The molecule has 0 amide bonds. The van der Waals surface area contributed by atoms with E-state index in [1.165, 1.54) is 50.7 Å². The van der Waals surface area contributed by atoms with E-state index in [0.29, 0.717) is 13.2 Å². The molecular weight excluding hydrogens is 408 g/mol. The lowest BCUT2D eigenvalue weighted by molar-refractivity contribution is -0.345. The maximum Gasteiger partial charge on any atom is 0.343 e. The van der Waals surface area contributed by atoms with Gasteiger partial charge in [0.2, 0.25) is 0 Å². The quantitative estimate of drug-likeness (QED) is 0.139. The summed E-state index contributed by atoms with van der Waals surface area (Å²) in [6.07, 6.45) is 13.4. The molecule has 0 aliphatic carbocycles. The number of aromatic carboxylic acids is 1. The van der Waals surface area contributed by atoms with E-state index in [2.05, 4.69) is 13.8 Å². The molecule has 0 unspecified atom stereocenters. The van der Waals surface area contributed by atoms with Crippen LogP contribution in [0.1, 0.15) is 119 Å². The SMILES string of the molecule is CCCCCCCCOC(C)(OCCCCCCCC)OC(=O)c1ccccc1C(=O)O. The third-order valence-electron chi connectivity index (χ3n) is 5.38. The van der Waals surface area contributed by atoms with Gasteiger partial charge in [-0.05, 0) is 25.0 Å². The molecular formula is C26H42O6. The Morgan fingerprint density at radius 3 is 1.66 bits per heavy atom. The van der Waals surface area contributed by atoms with E-state index in [1.807, 2.05) is 0 Å². The number of hydrogen-bond donors (Lipinski definition) is 1. The molecule has 1 aromatic rings. The highest BCUT2D eigenvalue weighted by Crippen LogP contribution is 2.21. The fraction of sp³-hybridized carbons (Fsp3) is 0.692. The zero-order valence-electron chi connectivity index (χ0n) is 20.2. The molecule has 0 heterocycles. The van der Waals surface area contributed by atoms with Crippen molar-refractivity contribution in [3.63, 3.8) is 0 Å². The van der Waals surface area contributed by atoms with Crippen LogP contribution < -0.4 is 0 Å². The minimum absolute atomic E-state index is 0.0162. The Bertz CT molecular complexity index is 639. The van der Waals surface area contributed by atoms with Gasteiger partial charge in [-0.25, -0.2) is 9.59 Å². The Kier molecular flexibility index (Phi) is 14.7. The first-order chi connectivity index (χ1) is 15.4. The zero-order valence-corrected chi connectivity index (χ0v) is 20.2. The van der Waals surface area contributed by atoms with Gasteiger partial charge >= 0.3 is 17.9 Å². The van der Waals surface area contributed by atoms with Gasteiger partial charge in [0.05, 0.1) is 24.3 Å². The number of carbonyl (C=O) groups is 2. The van der Waals surface area contributed by atoms with Crippen molar-refractivity contribution in [2.75, 3.05) is 13.2 Å². The van der Waals surface area contributed by atoms with E-state index in [1.54, 1.807) is 19.1 Å². The molecule has 0 saturated carbocycles. The number of unbranched alkanes of at least 4 members (excludes halogenated alkanes) is 10. The molecule has 1 N–H and O–H groups in total. The number of carbonyl (C=O) groups excluding carboxylic acids is 1. The number of carboxylic acids is 1. The van der Waals surface area contributed by atoms with Gasteiger partial charge in [-0.15, -0.1) is 0 Å². The number of hydrogen-bond acceptors (Lipinski definition) is 5. The van der Waals surface area contributed by atoms with Crippen molar-refractivity contribution in [1.29, 1.82) is 0 Å². The minimum Gasteiger partial charge on any atom is -0.478 e. The Hall–Kier alpha value is -1.92. The van der Waals surface area contributed by atoms with Crippen LogP contribution in [0.15, 0.2) is 24.3 Å². The molecule has 0 fully saturated rings. The van der Waals surface area contributed by atoms with Gasteiger partial charge in [-0.1, -0.05) is 90.2 Å². The number of rotatable bonds is 19. The molecule has 182 valence electrons. The highest BCUT2D eigenvalue weighted by atomic mass is 16.9. The minimum atomic E-state index is -1.55. The van der Waals surface area contributed by atoms with E-state index >= 15 is 0 Å². The second-order valence-corrected chi connectivity index (χ2v) is 8.34. The lowest BCUT2D eigenvalue weighted by Crippen LogP contribution is -2.39. The van der Waals surface area contributed by atoms with Gasteiger partial charge in [0.25, 0.3) is 0 Å². The summed E-state index contributed by atoms with van der Waals surface area (Å²) >= 11 is 0. The van der Waals surface area contributed by atoms with Crippen molar-refractivity contribution >= 4 is 11.9 Å². The summed E-state index contributed by atoms with van der Waals surface area (Å²) in [5.41, 5.74) is -0.121. The summed E-state index contributed by atoms with van der Waals surface area (Å²) in [6.45, 7) is 6.78. The summed E-state index contributed by atoms with van der Waals surface area (Å²) < 4.78 is 17.3. The molecule has 32 heavy (non-hydrogen) atoms. The first-order valence-corrected chi connectivity index (χ1v) is 12.3. The fourth-order valence-electron chi connectivity index (χ4n) is 3.45. The summed E-state index contributed by atoms with van der Waals surface area (Å²) in [6, 6.07) is 6.00. The molecule has 0 atom stereocenters. The standard InChI is InChI=1S/C26H42O6/c1-4-6-8-10-12-16-20-30-26(3,31-21-17-13-11-9-7-5-2)32-25(29)23-19-15-14-18-22(23)24(27)28/h14-15,18-19H,4-13,16-17,20-21H2,1-3H3,(H,27,28). The van der Waals surface area contributed by atoms with E-state index in [-0.39, 0.29) is 11.1 Å². The van der Waals surface area contributed by atoms with Gasteiger partial charge in [-0.3, -0.25) is 0 Å². The highest BCUT2D eigenvalue weighted by Gasteiger charge is 2.33. The van der Waals surface area contributed by atoms with Crippen LogP contribution in [0.25, 0.3) is 0 Å². The van der Waals surface area contributed by atoms with Crippen LogP contribution in [0.5, 0.6) is 0 Å². The molecule has 0 saturated heterocycles. The molecule has 0 aliphatic heterocycles. The molecule has 0 radical (unpaired) electrons. The van der Waals surface area contributed by atoms with E-state index < -0.39 is 17.9 Å². The van der Waals surface area contributed by atoms with Crippen molar-refractivity contribution in [1.82, 2.24) is 0 Å². The monoisotopic (exact) mass is 450 g/mol. The Morgan fingerprint density at radius 2 is 1.19 bits per heavy atom. The number of carboxylic acid groups (broad SMARTS) is 1. The summed E-state index contributed by atoms with van der Waals surface area (Å²) in [5.74, 6) is -3.49. The molecule has 6 nitrogen and oxygen atoms in total. The van der Waals surface area contributed by atoms with Gasteiger partial charge in [0.15, 0.2) is 0 Å². The summed E-state index contributed by atoms with van der Waals surface area (Å²) in [5, 5.41) is 9.37. The maximum atomic E-state index is 12.8. The molecule has 1 aromatic carbocycles. The predicted octanol–water partition coefficient (Wildman–Crippen LogP) is 6.97. The van der Waals surface area contributed by atoms with Crippen LogP contribution in [0.4, 0.5) is 0 Å². The number of benzene rings is 1. The lowest BCUT2D eigenvalue weighted by Gasteiger charge is -2.29. The zero-order chi connectivity index (χ0) is 23.7. The normalized spacial score (nSPS) is 11.5. The van der Waals surface area contributed by atoms with Crippen LogP contribution >= 0.6 is 0 Å².